The maximum atomic E-state index is 6.78. The van der Waals surface area contributed by atoms with Crippen molar-refractivity contribution in [1.82, 2.24) is 0 Å². The van der Waals surface area contributed by atoms with E-state index in [-0.39, 0.29) is 0 Å². The van der Waals surface area contributed by atoms with E-state index in [0.717, 1.165) is 148 Å². The van der Waals surface area contributed by atoms with Gasteiger partial charge < -0.3 is 26.5 Å². The molecule has 0 aliphatic rings. The molecule has 23 aromatic carbocycles. The van der Waals surface area contributed by atoms with Crippen molar-refractivity contribution < 1.29 is 30.6 Å². The highest BCUT2D eigenvalue weighted by molar-refractivity contribution is 6.33. The minimum absolute atomic E-state index is 0.833. The first-order chi connectivity index (χ1) is 66.5. The standard InChI is InChI=1S/2C42H24O2.C38H22O2.3CH4/c1-2-13-26-25(11-1)12-9-19-28(26)40-29-15-3-5-17-31(29)41(32-18-6-4-16-30(32)40)34-21-10-20-33-36-23-35-27-14-7-8-22-37(27)43-38(35)24-39(36)44-42(33)34;1-2-11-26-24-27(21-20-25(26)10-1)38-28-12-3-5-14-30(28)39(31-15-6-4-13-29(31)38)33-17-9-18-34-41-37(44-42(33)34)23-22-36-40(41)32-16-7-8-19-35(32)43-36;1-2-11-23(12-3-1)34-24-13-4-6-15-26(24)35(27-16-7-5-14-25(27)34)29-18-10-19-30-37-33(40-38(29)30)22-21-32-36(37)28-17-8-9-20-31(28)39-32;;;/h2*1-24H;1-22H;3*1H4/i;;;3*1D. The van der Waals surface area contributed by atoms with Crippen molar-refractivity contribution in [2.45, 2.75) is 22.2 Å². The van der Waals surface area contributed by atoms with E-state index in [1.165, 1.54) is 158 Å². The molecule has 0 bridgehead atoms. The molecule has 0 aliphatic carbocycles. The van der Waals surface area contributed by atoms with Gasteiger partial charge in [0, 0.05) is 108 Å². The lowest BCUT2D eigenvalue weighted by molar-refractivity contribution is 0.656. The van der Waals surface area contributed by atoms with Gasteiger partial charge in [0.15, 0.2) is 0 Å². The second-order valence-corrected chi connectivity index (χ2v) is 33.6. The molecule has 0 aliphatic heterocycles. The predicted molar refractivity (Wildman–Crippen MR) is 556 cm³/mol. The summed E-state index contributed by atoms with van der Waals surface area (Å²) in [6.07, 6.45) is 0. The van der Waals surface area contributed by atoms with Crippen LogP contribution in [0.25, 0.3) is 285 Å². The van der Waals surface area contributed by atoms with Gasteiger partial charge in [-0.2, -0.15) is 0 Å². The molecule has 131 heavy (non-hydrogen) atoms. The van der Waals surface area contributed by atoms with Gasteiger partial charge >= 0.3 is 0 Å². The molecule has 0 amide bonds. The normalized spacial score (nSPS) is 11.9. The van der Waals surface area contributed by atoms with E-state index in [0.29, 0.717) is 0 Å². The van der Waals surface area contributed by atoms with Crippen molar-refractivity contribution in [1.29, 1.82) is 0 Å². The first kappa shape index (κ1) is 74.2. The van der Waals surface area contributed by atoms with E-state index < -0.39 is 0 Å². The zero-order valence-electron chi connectivity index (χ0n) is 74.9. The molecule has 0 radical (unpaired) electrons. The van der Waals surface area contributed by atoms with Crippen LogP contribution in [-0.2, 0) is 0 Å². The van der Waals surface area contributed by atoms with Crippen LogP contribution in [0, 0.1) is 0 Å². The van der Waals surface area contributed by atoms with E-state index in [9.17, 15) is 0 Å². The number of hydrogen-bond acceptors (Lipinski definition) is 6. The van der Waals surface area contributed by atoms with Gasteiger partial charge in [0.2, 0.25) is 0 Å². The number of benzene rings is 23. The summed E-state index contributed by atoms with van der Waals surface area (Å²) in [6, 6.07) is 151. The summed E-state index contributed by atoms with van der Waals surface area (Å²) in [5, 5.41) is 32.9. The van der Waals surface area contributed by atoms with Crippen molar-refractivity contribution in [3.05, 3.63) is 425 Å². The van der Waals surface area contributed by atoms with Gasteiger partial charge in [-0.15, -0.1) is 0 Å². The van der Waals surface area contributed by atoms with Gasteiger partial charge in [0.05, 0.1) is 0 Å². The number of furan rings is 6. The molecule has 0 atom stereocenters. The molecular formula is C125H82O6. The van der Waals surface area contributed by atoms with E-state index in [4.69, 9.17) is 30.6 Å². The fourth-order valence-corrected chi connectivity index (χ4v) is 21.4. The van der Waals surface area contributed by atoms with E-state index in [2.05, 4.69) is 358 Å². The minimum atomic E-state index is 0.833. The highest BCUT2D eigenvalue weighted by Gasteiger charge is 2.28. The maximum Gasteiger partial charge on any atom is 0.143 e. The molecular weight excluding hydrogens is 1600 g/mol. The monoisotopic (exact) mass is 1680 g/mol. The third-order valence-electron chi connectivity index (χ3n) is 26.8. The molecule has 0 spiro atoms. The lowest BCUT2D eigenvalue weighted by Gasteiger charge is -2.18. The van der Waals surface area contributed by atoms with Gasteiger partial charge in [0.1, 0.15) is 67.0 Å². The smallest absolute Gasteiger partial charge is 0.143 e. The molecule has 6 heterocycles. The average Bonchev–Trinajstić information content (AvgIpc) is 1.42. The number of para-hydroxylation sites is 6. The first-order valence-corrected chi connectivity index (χ1v) is 43.7. The second-order valence-electron chi connectivity index (χ2n) is 33.6. The third kappa shape index (κ3) is 11.8. The zero-order chi connectivity index (χ0) is 89.8. The topological polar surface area (TPSA) is 78.8 Å². The SMILES string of the molecule is [2H]C.[2H]C.[2H]C.c1ccc(-c2c3ccccc3c(-c3cccc4c3oc3ccc5oc6ccccc6c5c34)c3ccccc23)cc1.c1ccc2c(-c3c4ccccc4c(-c4cccc5c4oc4cc6oc7ccccc7c6cc45)c4ccccc34)cccc2c1.c1ccc2cc(-c3c4ccccc4c(-c4cccc5c4oc4ccc6oc7ccccc7c6c45)c4ccccc34)ccc2c1. The van der Waals surface area contributed by atoms with Gasteiger partial charge in [-0.3, -0.25) is 0 Å². The highest BCUT2D eigenvalue weighted by Crippen LogP contribution is 2.54. The van der Waals surface area contributed by atoms with Crippen LogP contribution in [-0.4, -0.2) is 0 Å². The summed E-state index contributed by atoms with van der Waals surface area (Å²) in [7, 11) is 3.75. The molecule has 6 nitrogen and oxygen atoms in total. The highest BCUT2D eigenvalue weighted by atomic mass is 16.4. The summed E-state index contributed by atoms with van der Waals surface area (Å²) in [5.41, 5.74) is 24.9. The molecule has 0 fully saturated rings. The summed E-state index contributed by atoms with van der Waals surface area (Å²) in [6.45, 7) is 0. The number of hydrogen-bond donors (Lipinski definition) is 0. The van der Waals surface area contributed by atoms with Crippen molar-refractivity contribution in [2.24, 2.45) is 0 Å². The van der Waals surface area contributed by atoms with Crippen LogP contribution >= 0.6 is 0 Å². The Morgan fingerprint density at radius 3 is 0.885 bits per heavy atom. The lowest BCUT2D eigenvalue weighted by atomic mass is 9.84. The maximum absolute atomic E-state index is 6.78. The van der Waals surface area contributed by atoms with Crippen molar-refractivity contribution in [3.8, 4) is 66.8 Å². The van der Waals surface area contributed by atoms with Gasteiger partial charge in [-0.05, 0) is 174 Å². The molecule has 6 heteroatoms. The fourth-order valence-electron chi connectivity index (χ4n) is 21.4. The molecule has 0 N–H and O–H groups in total. The van der Waals surface area contributed by atoms with Crippen LogP contribution in [0.15, 0.2) is 451 Å². The van der Waals surface area contributed by atoms with Crippen LogP contribution in [0.5, 0.6) is 0 Å². The average molecular weight is 1680 g/mol. The Balaban J connectivity index is 0.000000107. The molecule has 29 aromatic rings. The van der Waals surface area contributed by atoms with Crippen LogP contribution in [0.1, 0.15) is 26.3 Å². The van der Waals surface area contributed by atoms with Crippen LogP contribution in [0.4, 0.5) is 0 Å². The third-order valence-corrected chi connectivity index (χ3v) is 26.8. The Bertz CT molecular complexity index is 9590. The zero-order valence-corrected chi connectivity index (χ0v) is 71.9. The largest absolute Gasteiger partial charge is 0.456 e. The molecule has 618 valence electrons. The van der Waals surface area contributed by atoms with Gasteiger partial charge in [0.25, 0.3) is 0 Å². The Kier molecular flexibility index (Phi) is 17.4. The van der Waals surface area contributed by atoms with Crippen LogP contribution < -0.4 is 0 Å². The van der Waals surface area contributed by atoms with Crippen molar-refractivity contribution in [3.63, 3.8) is 0 Å². The Morgan fingerprint density at radius 2 is 0.420 bits per heavy atom. The number of rotatable bonds is 6. The first-order valence-electron chi connectivity index (χ1n) is 46.7. The molecule has 0 saturated carbocycles. The summed E-state index contributed by atoms with van der Waals surface area (Å²) < 4.78 is 56.2. The minimum Gasteiger partial charge on any atom is -0.456 e. The van der Waals surface area contributed by atoms with E-state index in [1.54, 1.807) is 0 Å². The van der Waals surface area contributed by atoms with E-state index in [1.807, 2.05) is 66.7 Å². The number of fused-ring (bicyclic) bond motifs is 28. The lowest BCUT2D eigenvalue weighted by Crippen LogP contribution is -1.91. The molecule has 0 saturated heterocycles. The van der Waals surface area contributed by atoms with Crippen LogP contribution in [0.3, 0.4) is 0 Å². The predicted octanol–water partition coefficient (Wildman–Crippen LogP) is 37.6. The van der Waals surface area contributed by atoms with Crippen molar-refractivity contribution in [2.75, 3.05) is 0 Å². The Hall–Kier alpha value is -17.1. The van der Waals surface area contributed by atoms with Crippen molar-refractivity contribution >= 4 is 218 Å². The Morgan fingerprint density at radius 1 is 0.137 bits per heavy atom. The van der Waals surface area contributed by atoms with Gasteiger partial charge in [-0.25, -0.2) is 0 Å². The molecule has 0 unspecified atom stereocenters. The van der Waals surface area contributed by atoms with Gasteiger partial charge in [-0.1, -0.05) is 386 Å². The second kappa shape index (κ2) is 30.6. The molecule has 6 aromatic heterocycles. The summed E-state index contributed by atoms with van der Waals surface area (Å²) >= 11 is 0. The molecule has 29 rings (SSSR count). The summed E-state index contributed by atoms with van der Waals surface area (Å²) in [4.78, 5) is 0. The van der Waals surface area contributed by atoms with E-state index >= 15 is 0 Å². The quantitative estimate of drug-likeness (QED) is 0.154. The fraction of sp³-hybridized carbons (Fsp3) is 0.0240. The van der Waals surface area contributed by atoms with Crippen LogP contribution in [0.2, 0.25) is 0 Å². The summed E-state index contributed by atoms with van der Waals surface area (Å²) in [5.74, 6) is 0. The Labute approximate surface area is 757 Å².